The second-order valence-electron chi connectivity index (χ2n) is 1.55. The molecule has 1 aromatic heterocycles. The van der Waals surface area contributed by atoms with E-state index in [4.69, 9.17) is 16.3 Å². The average molecular weight is 228 g/mol. The fraction of sp³-hybridized carbons (Fsp3) is 0.167. The molecule has 0 saturated heterocycles. The Bertz CT molecular complexity index is 246. The van der Waals surface area contributed by atoms with Crippen LogP contribution in [0.4, 0.5) is 0 Å². The van der Waals surface area contributed by atoms with Gasteiger partial charge in [0.1, 0.15) is 5.88 Å². The van der Waals surface area contributed by atoms with Gasteiger partial charge in [-0.1, -0.05) is 4.47 Å². The Morgan fingerprint density at radius 2 is 2.36 bits per heavy atom. The van der Waals surface area contributed by atoms with E-state index in [1.807, 2.05) is 0 Å². The van der Waals surface area contributed by atoms with E-state index in [2.05, 4.69) is 27.0 Å². The molecular weight excluding hydrogens is 224 g/mol. The number of halogens is 2. The second-order valence-corrected chi connectivity index (χ2v) is 2.79. The summed E-state index contributed by atoms with van der Waals surface area (Å²) >= 11 is 8.85. The number of ether oxygens (including phenoxy) is 1. The summed E-state index contributed by atoms with van der Waals surface area (Å²) in [4.78, 5) is 3.85. The minimum Gasteiger partial charge on any atom is -0.497 e. The van der Waals surface area contributed by atoms with E-state index in [0.717, 1.165) is 4.47 Å². The minimum absolute atomic E-state index is 0. The molecule has 5 heteroatoms. The average Bonchev–Trinajstić information content (AvgIpc) is 1.95. The monoisotopic (exact) mass is 227 g/mol. The quantitative estimate of drug-likeness (QED) is 0.469. The molecule has 0 atom stereocenters. The van der Waals surface area contributed by atoms with E-state index in [0.29, 0.717) is 10.9 Å². The summed E-state index contributed by atoms with van der Waals surface area (Å²) in [5.74, 6) is 0.396. The first-order chi connectivity index (χ1) is 4.74. The molecule has 11 heavy (non-hydrogen) atoms. The van der Waals surface area contributed by atoms with Crippen LogP contribution in [0.2, 0.25) is 5.02 Å². The van der Waals surface area contributed by atoms with Gasteiger partial charge in [-0.15, -0.1) is 16.6 Å². The van der Waals surface area contributed by atoms with Crippen LogP contribution in [-0.4, -0.2) is 12.1 Å². The topological polar surface area (TPSA) is 22.1 Å². The largest absolute Gasteiger partial charge is 1.00 e. The van der Waals surface area contributed by atoms with Crippen LogP contribution in [0.5, 0.6) is 5.88 Å². The van der Waals surface area contributed by atoms with Gasteiger partial charge < -0.3 is 4.74 Å². The molecule has 0 aliphatic carbocycles. The molecule has 0 amide bonds. The molecule has 0 fully saturated rings. The molecule has 0 spiro atoms. The summed E-state index contributed by atoms with van der Waals surface area (Å²) in [7, 11) is 1.52. The van der Waals surface area contributed by atoms with Crippen molar-refractivity contribution in [2.45, 2.75) is 0 Å². The third kappa shape index (κ3) is 3.04. The summed E-state index contributed by atoms with van der Waals surface area (Å²) in [5.41, 5.74) is 0. The SMILES string of the molecule is COc1[c-]c(Cl)c(Br)cn1.[Li+]. The van der Waals surface area contributed by atoms with Gasteiger partial charge in [-0.2, -0.15) is 22.0 Å². The maximum absolute atomic E-state index is 5.67. The fourth-order valence-corrected chi connectivity index (χ4v) is 0.793. The van der Waals surface area contributed by atoms with Crippen molar-refractivity contribution in [3.05, 3.63) is 21.8 Å². The zero-order chi connectivity index (χ0) is 7.56. The van der Waals surface area contributed by atoms with Crippen LogP contribution in [0.1, 0.15) is 0 Å². The molecule has 1 heterocycles. The third-order valence-corrected chi connectivity index (χ3v) is 2.04. The summed E-state index contributed by atoms with van der Waals surface area (Å²) in [6, 6.07) is 2.71. The Morgan fingerprint density at radius 3 is 2.82 bits per heavy atom. The molecule has 0 aromatic carbocycles. The van der Waals surface area contributed by atoms with Crippen molar-refractivity contribution in [1.29, 1.82) is 0 Å². The first-order valence-corrected chi connectivity index (χ1v) is 3.68. The van der Waals surface area contributed by atoms with Gasteiger partial charge in [-0.05, 0) is 6.20 Å². The van der Waals surface area contributed by atoms with Crippen LogP contribution in [-0.2, 0) is 0 Å². The molecule has 1 rings (SSSR count). The van der Waals surface area contributed by atoms with Gasteiger partial charge in [-0.25, -0.2) is 0 Å². The first kappa shape index (κ1) is 11.3. The Balaban J connectivity index is 0.000001000. The van der Waals surface area contributed by atoms with Gasteiger partial charge in [0.05, 0.1) is 7.11 Å². The zero-order valence-corrected chi connectivity index (χ0v) is 8.53. The molecule has 2 nitrogen and oxygen atoms in total. The summed E-state index contributed by atoms with van der Waals surface area (Å²) < 4.78 is 5.50. The number of hydrogen-bond acceptors (Lipinski definition) is 2. The molecule has 0 bridgehead atoms. The smallest absolute Gasteiger partial charge is 0.497 e. The molecule has 0 aliphatic heterocycles. The number of hydrogen-bond donors (Lipinski definition) is 0. The van der Waals surface area contributed by atoms with Crippen molar-refractivity contribution in [3.63, 3.8) is 0 Å². The van der Waals surface area contributed by atoms with E-state index in [1.165, 1.54) is 7.11 Å². The standard InChI is InChI=1S/C6H4BrClNO.Li/c1-10-6-2-5(8)4(7)3-9-6;/h3H,1H3;/q-1;+1. The predicted molar refractivity (Wildman–Crippen MR) is 42.3 cm³/mol. The van der Waals surface area contributed by atoms with Crippen molar-refractivity contribution in [3.8, 4) is 5.88 Å². The molecule has 0 aliphatic rings. The van der Waals surface area contributed by atoms with Crippen molar-refractivity contribution in [2.75, 3.05) is 7.11 Å². The Morgan fingerprint density at radius 1 is 1.73 bits per heavy atom. The van der Waals surface area contributed by atoms with Crippen LogP contribution in [0.15, 0.2) is 10.7 Å². The Labute approximate surface area is 90.6 Å². The van der Waals surface area contributed by atoms with Crippen LogP contribution in [0, 0.1) is 6.07 Å². The maximum atomic E-state index is 5.67. The number of nitrogens with zero attached hydrogens (tertiary/aromatic N) is 1. The normalized spacial score (nSPS) is 8.64. The Kier molecular flexibility index (Phi) is 5.20. The van der Waals surface area contributed by atoms with Gasteiger partial charge >= 0.3 is 18.9 Å². The van der Waals surface area contributed by atoms with Crippen LogP contribution >= 0.6 is 27.5 Å². The van der Waals surface area contributed by atoms with Crippen LogP contribution in [0.3, 0.4) is 0 Å². The number of aromatic nitrogens is 1. The Hall–Kier alpha value is 0.317. The molecule has 54 valence electrons. The van der Waals surface area contributed by atoms with Gasteiger partial charge in [-0.3, -0.25) is 4.98 Å². The predicted octanol–water partition coefficient (Wildman–Crippen LogP) is -0.690. The maximum Gasteiger partial charge on any atom is 1.00 e. The van der Waals surface area contributed by atoms with Crippen LogP contribution < -0.4 is 23.6 Å². The van der Waals surface area contributed by atoms with Gasteiger partial charge in [0.2, 0.25) is 0 Å². The van der Waals surface area contributed by atoms with E-state index >= 15 is 0 Å². The fourth-order valence-electron chi connectivity index (χ4n) is 0.462. The summed E-state index contributed by atoms with van der Waals surface area (Å²) in [6.07, 6.45) is 1.57. The van der Waals surface area contributed by atoms with Gasteiger partial charge in [0.15, 0.2) is 0 Å². The second kappa shape index (κ2) is 5.05. The first-order valence-electron chi connectivity index (χ1n) is 2.51. The minimum atomic E-state index is 0. The van der Waals surface area contributed by atoms with Crippen LogP contribution in [0.25, 0.3) is 0 Å². The molecule has 0 radical (unpaired) electrons. The van der Waals surface area contributed by atoms with E-state index < -0.39 is 0 Å². The molecule has 0 saturated carbocycles. The van der Waals surface area contributed by atoms with E-state index in [9.17, 15) is 0 Å². The molecular formula is C6H4BrClLiNO. The van der Waals surface area contributed by atoms with Gasteiger partial charge in [0, 0.05) is 0 Å². The summed E-state index contributed by atoms with van der Waals surface area (Å²) in [6.45, 7) is 0. The van der Waals surface area contributed by atoms with Crippen molar-refractivity contribution >= 4 is 27.5 Å². The number of methoxy groups -OCH3 is 1. The van der Waals surface area contributed by atoms with Crippen molar-refractivity contribution < 1.29 is 23.6 Å². The summed E-state index contributed by atoms with van der Waals surface area (Å²) in [5, 5.41) is 0.479. The molecule has 0 unspecified atom stereocenters. The van der Waals surface area contributed by atoms with Crippen molar-refractivity contribution in [1.82, 2.24) is 4.98 Å². The third-order valence-electron chi connectivity index (χ3n) is 0.915. The number of pyridine rings is 1. The zero-order valence-electron chi connectivity index (χ0n) is 6.19. The van der Waals surface area contributed by atoms with Crippen molar-refractivity contribution in [2.24, 2.45) is 0 Å². The van der Waals surface area contributed by atoms with E-state index in [1.54, 1.807) is 6.20 Å². The molecule has 0 N–H and O–H groups in total. The van der Waals surface area contributed by atoms with Gasteiger partial charge in [0.25, 0.3) is 0 Å². The number of rotatable bonds is 1. The molecule has 1 aromatic rings. The van der Waals surface area contributed by atoms with E-state index in [-0.39, 0.29) is 18.9 Å².